The van der Waals surface area contributed by atoms with Crippen LogP contribution in [-0.4, -0.2) is 26.4 Å². The van der Waals surface area contributed by atoms with Crippen LogP contribution in [-0.2, 0) is 11.3 Å². The minimum Gasteiger partial charge on any atom is -0.457 e. The Labute approximate surface area is 174 Å². The van der Waals surface area contributed by atoms with Crippen LogP contribution >= 0.6 is 11.8 Å². The number of benzene rings is 2. The number of ether oxygens (including phenoxy) is 1. The third kappa shape index (κ3) is 5.06. The van der Waals surface area contributed by atoms with E-state index in [0.29, 0.717) is 18.2 Å². The molecule has 0 unspecified atom stereocenters. The molecule has 6 nitrogen and oxygen atoms in total. The first kappa shape index (κ1) is 19.3. The summed E-state index contributed by atoms with van der Waals surface area (Å²) >= 11 is 1.39. The Morgan fingerprint density at radius 3 is 2.55 bits per heavy atom. The van der Waals surface area contributed by atoms with Gasteiger partial charge < -0.3 is 14.6 Å². The Hall–Kier alpha value is -3.06. The molecule has 0 saturated heterocycles. The number of rotatable bonds is 9. The van der Waals surface area contributed by atoms with Crippen LogP contribution in [0.15, 0.2) is 72.4 Å². The number of amides is 1. The van der Waals surface area contributed by atoms with Crippen LogP contribution in [0.5, 0.6) is 11.5 Å². The van der Waals surface area contributed by atoms with Crippen LogP contribution in [0.1, 0.15) is 24.6 Å². The molecule has 1 aliphatic carbocycles. The molecule has 148 valence electrons. The first-order valence-corrected chi connectivity index (χ1v) is 10.5. The minimum atomic E-state index is -0.0900. The summed E-state index contributed by atoms with van der Waals surface area (Å²) in [7, 11) is 0. The Bertz CT molecular complexity index is 982. The molecular weight excluding hydrogens is 384 g/mol. The minimum absolute atomic E-state index is 0.0900. The number of hydrogen-bond donors (Lipinski definition) is 1. The second-order valence-corrected chi connectivity index (χ2v) is 7.73. The molecule has 4 rings (SSSR count). The van der Waals surface area contributed by atoms with E-state index in [1.165, 1.54) is 11.8 Å². The quantitative estimate of drug-likeness (QED) is 0.406. The molecular formula is C22H22N4O2S. The van der Waals surface area contributed by atoms with Crippen LogP contribution in [0.4, 0.5) is 5.69 Å². The normalized spacial score (nSPS) is 13.1. The molecule has 2 aromatic carbocycles. The average Bonchev–Trinajstić information content (AvgIpc) is 3.50. The van der Waals surface area contributed by atoms with Crippen molar-refractivity contribution < 1.29 is 9.53 Å². The van der Waals surface area contributed by atoms with Crippen molar-refractivity contribution in [2.24, 2.45) is 0 Å². The van der Waals surface area contributed by atoms with Crippen molar-refractivity contribution in [1.29, 1.82) is 0 Å². The summed E-state index contributed by atoms with van der Waals surface area (Å²) in [5.74, 6) is 3.17. The number of carbonyl (C=O) groups excluding carboxylic acids is 1. The number of allylic oxidation sites excluding steroid dienone is 1. The van der Waals surface area contributed by atoms with E-state index in [9.17, 15) is 4.79 Å². The maximum Gasteiger partial charge on any atom is 0.234 e. The Morgan fingerprint density at radius 2 is 1.86 bits per heavy atom. The molecule has 0 atom stereocenters. The van der Waals surface area contributed by atoms with Crippen LogP contribution in [0.25, 0.3) is 0 Å². The molecule has 0 spiro atoms. The standard InChI is InChI=1S/C22H22N4O2S/c1-2-14-26-21(16-8-9-16)24-25-22(26)29-15-20(27)23-17-10-12-19(13-11-17)28-18-6-4-3-5-7-18/h2-7,10-13,16H,1,8-9,14-15H2,(H,23,27). The van der Waals surface area contributed by atoms with E-state index >= 15 is 0 Å². The van der Waals surface area contributed by atoms with Gasteiger partial charge in [0.2, 0.25) is 5.91 Å². The molecule has 3 aromatic rings. The maximum atomic E-state index is 12.3. The zero-order valence-corrected chi connectivity index (χ0v) is 16.8. The SMILES string of the molecule is C=CCn1c(SCC(=O)Nc2ccc(Oc3ccccc3)cc2)nnc1C1CC1. The lowest BCUT2D eigenvalue weighted by Gasteiger charge is -2.09. The van der Waals surface area contributed by atoms with Crippen LogP contribution < -0.4 is 10.1 Å². The fourth-order valence-corrected chi connectivity index (χ4v) is 3.66. The lowest BCUT2D eigenvalue weighted by atomic mass is 10.3. The summed E-state index contributed by atoms with van der Waals surface area (Å²) in [6.45, 7) is 4.47. The summed E-state index contributed by atoms with van der Waals surface area (Å²) < 4.78 is 7.82. The van der Waals surface area contributed by atoms with Crippen molar-refractivity contribution in [1.82, 2.24) is 14.8 Å². The monoisotopic (exact) mass is 406 g/mol. The van der Waals surface area contributed by atoms with Crippen LogP contribution in [0.3, 0.4) is 0 Å². The number of para-hydroxylation sites is 1. The van der Waals surface area contributed by atoms with Crippen molar-refractivity contribution in [3.8, 4) is 11.5 Å². The van der Waals surface area contributed by atoms with E-state index < -0.39 is 0 Å². The van der Waals surface area contributed by atoms with Gasteiger partial charge in [-0.2, -0.15) is 0 Å². The van der Waals surface area contributed by atoms with E-state index in [0.717, 1.165) is 35.3 Å². The van der Waals surface area contributed by atoms with Crippen LogP contribution in [0.2, 0.25) is 0 Å². The van der Waals surface area contributed by atoms with Gasteiger partial charge >= 0.3 is 0 Å². The summed E-state index contributed by atoms with van der Waals surface area (Å²) in [6, 6.07) is 16.9. The highest BCUT2D eigenvalue weighted by Gasteiger charge is 2.30. The average molecular weight is 407 g/mol. The van der Waals surface area contributed by atoms with Crippen molar-refractivity contribution in [3.63, 3.8) is 0 Å². The number of hydrogen-bond acceptors (Lipinski definition) is 5. The molecule has 1 N–H and O–H groups in total. The topological polar surface area (TPSA) is 69.0 Å². The van der Waals surface area contributed by atoms with Gasteiger partial charge in [-0.15, -0.1) is 16.8 Å². The highest BCUT2D eigenvalue weighted by Crippen LogP contribution is 2.40. The van der Waals surface area contributed by atoms with E-state index in [-0.39, 0.29) is 11.7 Å². The van der Waals surface area contributed by atoms with E-state index in [4.69, 9.17) is 4.74 Å². The second-order valence-electron chi connectivity index (χ2n) is 6.79. The molecule has 1 saturated carbocycles. The van der Waals surface area contributed by atoms with Gasteiger partial charge in [0.1, 0.15) is 17.3 Å². The highest BCUT2D eigenvalue weighted by molar-refractivity contribution is 7.99. The van der Waals surface area contributed by atoms with Gasteiger partial charge in [0.25, 0.3) is 0 Å². The number of carbonyl (C=O) groups is 1. The third-order valence-electron chi connectivity index (χ3n) is 4.45. The third-order valence-corrected chi connectivity index (χ3v) is 5.42. The molecule has 29 heavy (non-hydrogen) atoms. The Morgan fingerprint density at radius 1 is 1.14 bits per heavy atom. The predicted octanol–water partition coefficient (Wildman–Crippen LogP) is 4.86. The van der Waals surface area contributed by atoms with Crippen LogP contribution in [0, 0.1) is 0 Å². The molecule has 1 aromatic heterocycles. The summed E-state index contributed by atoms with van der Waals surface area (Å²) in [6.07, 6.45) is 4.15. The Kier molecular flexibility index (Phi) is 5.95. The first-order chi connectivity index (χ1) is 14.2. The smallest absolute Gasteiger partial charge is 0.234 e. The first-order valence-electron chi connectivity index (χ1n) is 9.52. The van der Waals surface area contributed by atoms with E-state index in [1.54, 1.807) is 0 Å². The van der Waals surface area contributed by atoms with Gasteiger partial charge in [-0.1, -0.05) is 36.0 Å². The zero-order valence-electron chi connectivity index (χ0n) is 16.0. The summed E-state index contributed by atoms with van der Waals surface area (Å²) in [4.78, 5) is 12.3. The van der Waals surface area contributed by atoms with Gasteiger partial charge in [-0.05, 0) is 49.2 Å². The van der Waals surface area contributed by atoms with Crippen molar-refractivity contribution in [2.75, 3.05) is 11.1 Å². The number of nitrogens with zero attached hydrogens (tertiary/aromatic N) is 3. The van der Waals surface area contributed by atoms with E-state index in [1.807, 2.05) is 60.7 Å². The lowest BCUT2D eigenvalue weighted by Crippen LogP contribution is -2.14. The number of anilines is 1. The summed E-state index contributed by atoms with van der Waals surface area (Å²) in [5, 5.41) is 12.2. The van der Waals surface area contributed by atoms with Gasteiger partial charge in [-0.3, -0.25) is 4.79 Å². The van der Waals surface area contributed by atoms with Gasteiger partial charge in [-0.25, -0.2) is 0 Å². The molecule has 0 radical (unpaired) electrons. The largest absolute Gasteiger partial charge is 0.457 e. The van der Waals surface area contributed by atoms with Gasteiger partial charge in [0, 0.05) is 18.2 Å². The van der Waals surface area contributed by atoms with Crippen molar-refractivity contribution >= 4 is 23.4 Å². The zero-order chi connectivity index (χ0) is 20.1. The molecule has 1 amide bonds. The van der Waals surface area contributed by atoms with E-state index in [2.05, 4.69) is 26.7 Å². The molecule has 0 bridgehead atoms. The second kappa shape index (κ2) is 8.96. The number of aromatic nitrogens is 3. The molecule has 7 heteroatoms. The number of thioether (sulfide) groups is 1. The maximum absolute atomic E-state index is 12.3. The molecule has 1 aliphatic rings. The molecule has 1 fully saturated rings. The van der Waals surface area contributed by atoms with Crippen molar-refractivity contribution in [2.45, 2.75) is 30.5 Å². The number of nitrogens with one attached hydrogen (secondary N) is 1. The fourth-order valence-electron chi connectivity index (χ4n) is 2.91. The molecule has 0 aliphatic heterocycles. The van der Waals surface area contributed by atoms with Gasteiger partial charge in [0.15, 0.2) is 5.16 Å². The lowest BCUT2D eigenvalue weighted by molar-refractivity contribution is -0.113. The molecule has 1 heterocycles. The van der Waals surface area contributed by atoms with Crippen molar-refractivity contribution in [3.05, 3.63) is 73.1 Å². The predicted molar refractivity (Wildman–Crippen MR) is 115 cm³/mol. The Balaban J connectivity index is 1.31. The highest BCUT2D eigenvalue weighted by atomic mass is 32.2. The summed E-state index contributed by atoms with van der Waals surface area (Å²) in [5.41, 5.74) is 0.724. The fraction of sp³-hybridized carbons (Fsp3) is 0.227. The van der Waals surface area contributed by atoms with Gasteiger partial charge in [0.05, 0.1) is 5.75 Å².